The van der Waals surface area contributed by atoms with Gasteiger partial charge in [0.15, 0.2) is 4.93 Å². The molecule has 5 nitrogen and oxygen atoms in total. The topological polar surface area (TPSA) is 100 Å². The maximum atomic E-state index is 11.7. The number of hydrogen-bond donors (Lipinski definition) is 1. The minimum absolute atomic E-state index is 0. The van der Waals surface area contributed by atoms with Gasteiger partial charge in [0.25, 0.3) is 0 Å². The van der Waals surface area contributed by atoms with Gasteiger partial charge in [0, 0.05) is 0 Å². The Morgan fingerprint density at radius 2 is 0.972 bits per heavy atom. The van der Waals surface area contributed by atoms with Crippen molar-refractivity contribution in [1.82, 2.24) is 0 Å². The van der Waals surface area contributed by atoms with Crippen molar-refractivity contribution in [3.05, 3.63) is 0 Å². The van der Waals surface area contributed by atoms with E-state index < -0.39 is 22.1 Å². The number of carbonyl (C=O) groups excluding carboxylic acids is 2. The molecule has 0 aliphatic carbocycles. The van der Waals surface area contributed by atoms with Gasteiger partial charge in [-0.15, -0.1) is 23.5 Å². The summed E-state index contributed by atoms with van der Waals surface area (Å²) >= 11 is 1.75. The summed E-state index contributed by atoms with van der Waals surface area (Å²) in [5.74, 6) is -2.39. The van der Waals surface area contributed by atoms with E-state index in [2.05, 4.69) is 13.8 Å². The van der Waals surface area contributed by atoms with Gasteiger partial charge in [-0.05, 0) is 24.3 Å². The van der Waals surface area contributed by atoms with E-state index in [0.717, 1.165) is 68.5 Å². The summed E-state index contributed by atoms with van der Waals surface area (Å²) in [5.41, 5.74) is 0. The minimum Gasteiger partial charge on any atom is -0.549 e. The van der Waals surface area contributed by atoms with Gasteiger partial charge in [0.2, 0.25) is 0 Å². The molecule has 0 saturated heterocycles. The minimum atomic E-state index is -2.46. The first-order valence-electron chi connectivity index (χ1n) is 14.3. The Balaban J connectivity index is 0. The normalized spacial score (nSPS) is 13.6. The molecule has 0 heterocycles. The summed E-state index contributed by atoms with van der Waals surface area (Å²) in [6.07, 6.45) is 23.4. The van der Waals surface area contributed by atoms with Gasteiger partial charge in [-0.3, -0.25) is 0 Å². The molecule has 0 aliphatic heterocycles. The van der Waals surface area contributed by atoms with E-state index in [-0.39, 0.29) is 19.5 Å². The van der Waals surface area contributed by atoms with Crippen LogP contribution in [0.15, 0.2) is 0 Å². The fraction of sp³-hybridized carbons (Fsp3) is 0.929. The van der Waals surface area contributed by atoms with Crippen LogP contribution in [0, 0.1) is 0 Å². The van der Waals surface area contributed by atoms with E-state index in [1.54, 1.807) is 0 Å². The molecule has 0 aromatic heterocycles. The van der Waals surface area contributed by atoms with Crippen molar-refractivity contribution >= 4 is 35.5 Å². The van der Waals surface area contributed by atoms with Crippen molar-refractivity contribution in [3.8, 4) is 0 Å². The summed E-state index contributed by atoms with van der Waals surface area (Å²) in [6.45, 7) is 4.43. The second kappa shape index (κ2) is 26.8. The van der Waals surface area contributed by atoms with Crippen LogP contribution in [-0.4, -0.2) is 38.7 Å². The zero-order valence-electron chi connectivity index (χ0n) is 23.2. The van der Waals surface area contributed by atoms with E-state index >= 15 is 0 Å². The molecular formula is C28H52O5S2Zn. The Morgan fingerprint density at radius 3 is 1.31 bits per heavy atom. The summed E-state index contributed by atoms with van der Waals surface area (Å²) < 4.78 is 0. The summed E-state index contributed by atoms with van der Waals surface area (Å²) in [5, 5.41) is 32.5. The average molecular weight is 598 g/mol. The largest absolute Gasteiger partial charge is 2.00 e. The molecule has 0 aromatic rings. The second-order valence-corrected chi connectivity index (χ2v) is 12.3. The maximum absolute atomic E-state index is 11.7. The number of aliphatic hydroxyl groups is 1. The molecule has 0 aromatic carbocycles. The fourth-order valence-electron chi connectivity index (χ4n) is 4.19. The monoisotopic (exact) mass is 596 g/mol. The van der Waals surface area contributed by atoms with E-state index in [0.29, 0.717) is 11.5 Å². The van der Waals surface area contributed by atoms with Crippen LogP contribution in [0.4, 0.5) is 0 Å². The zero-order valence-corrected chi connectivity index (χ0v) is 27.8. The molecule has 1 N–H and O–H groups in total. The SMILES string of the molecule is CCCCCCCCCCCCSC(C(=O)[O-])C(O)(SCCCCCCCCCCCC)C(=O)[O-].[Zn+2]. The molecule has 36 heavy (non-hydrogen) atoms. The molecule has 0 radical (unpaired) electrons. The van der Waals surface area contributed by atoms with E-state index in [9.17, 15) is 24.9 Å². The van der Waals surface area contributed by atoms with Gasteiger partial charge in [0.05, 0.1) is 17.2 Å². The van der Waals surface area contributed by atoms with Gasteiger partial charge in [-0.1, -0.05) is 129 Å². The number of unbranched alkanes of at least 4 members (excludes halogenated alkanes) is 18. The van der Waals surface area contributed by atoms with E-state index in [4.69, 9.17) is 0 Å². The molecule has 2 unspecified atom stereocenters. The Kier molecular flexibility index (Phi) is 28.6. The van der Waals surface area contributed by atoms with Crippen LogP contribution in [0.1, 0.15) is 142 Å². The maximum Gasteiger partial charge on any atom is 2.00 e. The Hall–Kier alpha value is 0.223. The molecular weight excluding hydrogens is 546 g/mol. The molecule has 208 valence electrons. The summed E-state index contributed by atoms with van der Waals surface area (Å²) in [6, 6.07) is 0. The Bertz CT molecular complexity index is 524. The van der Waals surface area contributed by atoms with Crippen LogP contribution in [0.2, 0.25) is 0 Å². The van der Waals surface area contributed by atoms with Crippen molar-refractivity contribution in [2.45, 2.75) is 152 Å². The van der Waals surface area contributed by atoms with Crippen LogP contribution in [0.25, 0.3) is 0 Å². The van der Waals surface area contributed by atoms with Gasteiger partial charge < -0.3 is 24.9 Å². The molecule has 0 bridgehead atoms. The van der Waals surface area contributed by atoms with Crippen LogP contribution >= 0.6 is 23.5 Å². The van der Waals surface area contributed by atoms with Crippen molar-refractivity contribution < 1.29 is 44.4 Å². The zero-order chi connectivity index (χ0) is 26.2. The first-order valence-corrected chi connectivity index (χ1v) is 16.3. The van der Waals surface area contributed by atoms with Gasteiger partial charge in [-0.25, -0.2) is 0 Å². The Morgan fingerprint density at radius 1 is 0.639 bits per heavy atom. The number of carboxylic acids is 2. The third-order valence-electron chi connectivity index (χ3n) is 6.46. The number of hydrogen-bond acceptors (Lipinski definition) is 7. The Labute approximate surface area is 242 Å². The molecule has 0 spiro atoms. The number of thioether (sulfide) groups is 2. The average Bonchev–Trinajstić information content (AvgIpc) is 2.82. The first kappa shape index (κ1) is 38.4. The number of rotatable bonds is 27. The molecule has 0 saturated carbocycles. The summed E-state index contributed by atoms with van der Waals surface area (Å²) in [7, 11) is 0. The first-order chi connectivity index (χ1) is 16.9. The van der Waals surface area contributed by atoms with Crippen molar-refractivity contribution in [2.24, 2.45) is 0 Å². The van der Waals surface area contributed by atoms with Crippen molar-refractivity contribution in [3.63, 3.8) is 0 Å². The summed E-state index contributed by atoms with van der Waals surface area (Å²) in [4.78, 5) is 20.9. The van der Waals surface area contributed by atoms with E-state index in [1.165, 1.54) is 83.5 Å². The predicted octanol–water partition coefficient (Wildman–Crippen LogP) is 5.85. The van der Waals surface area contributed by atoms with E-state index in [1.807, 2.05) is 0 Å². The number of carbonyl (C=O) groups is 2. The van der Waals surface area contributed by atoms with Crippen molar-refractivity contribution in [1.29, 1.82) is 0 Å². The molecule has 8 heteroatoms. The molecule has 0 rings (SSSR count). The molecule has 2 atom stereocenters. The van der Waals surface area contributed by atoms with Crippen LogP contribution in [0.3, 0.4) is 0 Å². The smallest absolute Gasteiger partial charge is 0.549 e. The van der Waals surface area contributed by atoms with Gasteiger partial charge in [0.1, 0.15) is 0 Å². The second-order valence-electron chi connectivity index (χ2n) is 9.77. The van der Waals surface area contributed by atoms with Crippen LogP contribution in [-0.2, 0) is 29.1 Å². The standard InChI is InChI=1S/C28H54O5S2.Zn/c1-3-5-7-9-11-13-15-17-19-21-23-34-25(26(29)30)28(33,27(31)32)35-24-22-20-18-16-14-12-10-8-6-4-2;/h25,33H,3-24H2,1-2H3,(H,29,30)(H,31,32);/q;+2/p-2. The van der Waals surface area contributed by atoms with Gasteiger partial charge >= 0.3 is 19.5 Å². The predicted molar refractivity (Wildman–Crippen MR) is 147 cm³/mol. The molecule has 0 fully saturated rings. The quantitative estimate of drug-likeness (QED) is 0.0720. The third-order valence-corrected chi connectivity index (χ3v) is 9.34. The molecule has 0 aliphatic rings. The number of aliphatic carboxylic acids is 2. The van der Waals surface area contributed by atoms with Gasteiger partial charge in [-0.2, -0.15) is 0 Å². The van der Waals surface area contributed by atoms with Crippen LogP contribution in [0.5, 0.6) is 0 Å². The molecule has 0 amide bonds. The third kappa shape index (κ3) is 20.2. The number of carboxylic acid groups (broad SMARTS) is 2. The van der Waals surface area contributed by atoms with Crippen molar-refractivity contribution in [2.75, 3.05) is 11.5 Å². The van der Waals surface area contributed by atoms with Crippen LogP contribution < -0.4 is 10.2 Å². The fourth-order valence-corrected chi connectivity index (χ4v) is 6.69.